The van der Waals surface area contributed by atoms with E-state index in [4.69, 9.17) is 0 Å². The van der Waals surface area contributed by atoms with Crippen molar-refractivity contribution < 1.29 is 4.79 Å². The number of nitrogens with zero attached hydrogens (tertiary/aromatic N) is 1. The van der Waals surface area contributed by atoms with Gasteiger partial charge in [-0.25, -0.2) is 0 Å². The molecule has 1 aliphatic rings. The Morgan fingerprint density at radius 2 is 2.30 bits per heavy atom. The number of hydrogen-bond donors (Lipinski definition) is 0. The number of carbonyl (C=O) groups is 1. The van der Waals surface area contributed by atoms with Crippen LogP contribution in [0.2, 0.25) is 0 Å². The van der Waals surface area contributed by atoms with Crippen molar-refractivity contribution >= 4 is 5.78 Å². The van der Waals surface area contributed by atoms with Crippen LogP contribution in [0.3, 0.4) is 0 Å². The van der Waals surface area contributed by atoms with E-state index in [0.29, 0.717) is 12.2 Å². The van der Waals surface area contributed by atoms with Gasteiger partial charge >= 0.3 is 0 Å². The first kappa shape index (κ1) is 5.71. The number of fused-ring (bicyclic) bond motifs is 1. The smallest absolute Gasteiger partial charge is 0.165 e. The molecular weight excluding hydrogens is 126 g/mol. The van der Waals surface area contributed by atoms with Crippen molar-refractivity contribution in [1.29, 1.82) is 0 Å². The summed E-state index contributed by atoms with van der Waals surface area (Å²) in [5.74, 6) is 0.301. The predicted octanol–water partition coefficient (Wildman–Crippen LogP) is 1.15. The Hall–Kier alpha value is -1.05. The molecule has 2 heteroatoms. The van der Waals surface area contributed by atoms with Crippen LogP contribution in [0.1, 0.15) is 22.5 Å². The summed E-state index contributed by atoms with van der Waals surface area (Å²) in [5, 5.41) is 0. The first-order valence-corrected chi connectivity index (χ1v) is 3.46. The molecule has 2 nitrogen and oxygen atoms in total. The highest BCUT2D eigenvalue weighted by Crippen LogP contribution is 2.21. The van der Waals surface area contributed by atoms with Crippen LogP contribution in [0.5, 0.6) is 0 Å². The zero-order valence-electron chi connectivity index (χ0n) is 5.92. The van der Waals surface area contributed by atoms with Crippen molar-refractivity contribution in [3.63, 3.8) is 0 Å². The van der Waals surface area contributed by atoms with Gasteiger partial charge < -0.3 is 4.57 Å². The molecule has 0 spiro atoms. The second kappa shape index (κ2) is 1.72. The van der Waals surface area contributed by atoms with Crippen LogP contribution in [0.4, 0.5) is 0 Å². The number of carbonyl (C=O) groups excluding carboxylic acids is 1. The molecule has 0 aliphatic heterocycles. The maximum atomic E-state index is 11.1. The predicted molar refractivity (Wildman–Crippen MR) is 38.1 cm³/mol. The fraction of sp³-hybridized carbons (Fsp3) is 0.375. The van der Waals surface area contributed by atoms with Gasteiger partial charge in [0.25, 0.3) is 0 Å². The van der Waals surface area contributed by atoms with Gasteiger partial charge in [-0.15, -0.1) is 0 Å². The Bertz CT molecular complexity index is 285. The Labute approximate surface area is 59.5 Å². The lowest BCUT2D eigenvalue weighted by molar-refractivity contribution is 0.0994. The average molecular weight is 135 g/mol. The molecule has 0 fully saturated rings. The minimum Gasteiger partial charge on any atom is -0.354 e. The summed E-state index contributed by atoms with van der Waals surface area (Å²) in [6.45, 7) is 0. The molecule has 0 saturated heterocycles. The molecule has 0 N–H and O–H groups in total. The SMILES string of the molecule is Cn1ccc2c1CCC2=O. The van der Waals surface area contributed by atoms with E-state index in [1.165, 1.54) is 5.69 Å². The Balaban J connectivity index is 2.63. The molecule has 0 unspecified atom stereocenters. The zero-order chi connectivity index (χ0) is 7.14. The molecule has 0 amide bonds. The normalized spacial score (nSPS) is 15.9. The third-order valence-electron chi connectivity index (χ3n) is 2.09. The summed E-state index contributed by atoms with van der Waals surface area (Å²) in [7, 11) is 1.98. The molecule has 1 aromatic rings. The topological polar surface area (TPSA) is 22.0 Å². The van der Waals surface area contributed by atoms with E-state index in [0.717, 1.165) is 12.0 Å². The summed E-state index contributed by atoms with van der Waals surface area (Å²) < 4.78 is 2.03. The lowest BCUT2D eigenvalue weighted by Crippen LogP contribution is -1.90. The maximum absolute atomic E-state index is 11.1. The van der Waals surface area contributed by atoms with Crippen molar-refractivity contribution in [3.05, 3.63) is 23.5 Å². The Morgan fingerprint density at radius 3 is 3.00 bits per heavy atom. The number of aryl methyl sites for hydroxylation is 1. The third kappa shape index (κ3) is 0.561. The van der Waals surface area contributed by atoms with Crippen LogP contribution in [-0.2, 0) is 13.5 Å². The van der Waals surface area contributed by atoms with Crippen LogP contribution in [0.15, 0.2) is 12.3 Å². The van der Waals surface area contributed by atoms with Crippen LogP contribution >= 0.6 is 0 Å². The second-order valence-electron chi connectivity index (χ2n) is 2.71. The molecule has 1 aliphatic carbocycles. The summed E-state index contributed by atoms with van der Waals surface area (Å²) in [6, 6.07) is 1.91. The van der Waals surface area contributed by atoms with Crippen molar-refractivity contribution in [2.75, 3.05) is 0 Å². The molecule has 1 aromatic heterocycles. The highest BCUT2D eigenvalue weighted by Gasteiger charge is 2.21. The second-order valence-corrected chi connectivity index (χ2v) is 2.71. The van der Waals surface area contributed by atoms with E-state index in [2.05, 4.69) is 0 Å². The molecule has 2 rings (SSSR count). The fourth-order valence-electron chi connectivity index (χ4n) is 1.49. The number of rotatable bonds is 0. The molecule has 1 heterocycles. The third-order valence-corrected chi connectivity index (χ3v) is 2.09. The van der Waals surface area contributed by atoms with E-state index in [1.807, 2.05) is 23.9 Å². The molecule has 0 aromatic carbocycles. The minimum absolute atomic E-state index is 0.301. The number of Topliss-reactive ketones (excluding diaryl/α,β-unsaturated/α-hetero) is 1. The summed E-state index contributed by atoms with van der Waals surface area (Å²) in [5.41, 5.74) is 2.13. The molecule has 10 heavy (non-hydrogen) atoms. The van der Waals surface area contributed by atoms with Gasteiger partial charge in [0.1, 0.15) is 0 Å². The molecule has 0 bridgehead atoms. The van der Waals surface area contributed by atoms with Gasteiger partial charge in [0, 0.05) is 30.9 Å². The number of ketones is 1. The van der Waals surface area contributed by atoms with Crippen LogP contribution in [0, 0.1) is 0 Å². The van der Waals surface area contributed by atoms with E-state index < -0.39 is 0 Å². The fourth-order valence-corrected chi connectivity index (χ4v) is 1.49. The average Bonchev–Trinajstić information content (AvgIpc) is 2.41. The van der Waals surface area contributed by atoms with E-state index >= 15 is 0 Å². The van der Waals surface area contributed by atoms with Crippen molar-refractivity contribution in [3.8, 4) is 0 Å². The lowest BCUT2D eigenvalue weighted by Gasteiger charge is -1.94. The largest absolute Gasteiger partial charge is 0.354 e. The minimum atomic E-state index is 0.301. The number of hydrogen-bond acceptors (Lipinski definition) is 1. The van der Waals surface area contributed by atoms with Crippen molar-refractivity contribution in [1.82, 2.24) is 4.57 Å². The molecule has 0 radical (unpaired) electrons. The van der Waals surface area contributed by atoms with Crippen molar-refractivity contribution in [2.45, 2.75) is 12.8 Å². The van der Waals surface area contributed by atoms with E-state index in [1.54, 1.807) is 0 Å². The quantitative estimate of drug-likeness (QED) is 0.523. The Kier molecular flexibility index (Phi) is 0.982. The maximum Gasteiger partial charge on any atom is 0.165 e. The monoisotopic (exact) mass is 135 g/mol. The highest BCUT2D eigenvalue weighted by atomic mass is 16.1. The van der Waals surface area contributed by atoms with Gasteiger partial charge in [-0.1, -0.05) is 0 Å². The van der Waals surface area contributed by atoms with Gasteiger partial charge in [-0.05, 0) is 12.5 Å². The molecule has 0 atom stereocenters. The Morgan fingerprint density at radius 1 is 1.50 bits per heavy atom. The number of aromatic nitrogens is 1. The van der Waals surface area contributed by atoms with Crippen LogP contribution < -0.4 is 0 Å². The zero-order valence-corrected chi connectivity index (χ0v) is 5.92. The highest BCUT2D eigenvalue weighted by molar-refractivity contribution is 6.00. The summed E-state index contributed by atoms with van der Waals surface area (Å²) in [6.07, 6.45) is 3.58. The van der Waals surface area contributed by atoms with Gasteiger partial charge in [-0.2, -0.15) is 0 Å². The summed E-state index contributed by atoms with van der Waals surface area (Å²) >= 11 is 0. The van der Waals surface area contributed by atoms with Gasteiger partial charge in [0.15, 0.2) is 5.78 Å². The van der Waals surface area contributed by atoms with Gasteiger partial charge in [0.05, 0.1) is 0 Å². The van der Waals surface area contributed by atoms with Gasteiger partial charge in [0.2, 0.25) is 0 Å². The van der Waals surface area contributed by atoms with Gasteiger partial charge in [-0.3, -0.25) is 4.79 Å². The van der Waals surface area contributed by atoms with Crippen molar-refractivity contribution in [2.24, 2.45) is 7.05 Å². The standard InChI is InChI=1S/C8H9NO/c1-9-5-4-6-7(9)2-3-8(6)10/h4-5H,2-3H2,1H3. The van der Waals surface area contributed by atoms with E-state index in [-0.39, 0.29) is 0 Å². The van der Waals surface area contributed by atoms with Crippen LogP contribution in [-0.4, -0.2) is 10.4 Å². The molecule has 52 valence electrons. The first-order chi connectivity index (χ1) is 4.79. The van der Waals surface area contributed by atoms with E-state index in [9.17, 15) is 4.79 Å². The molecule has 0 saturated carbocycles. The lowest BCUT2D eigenvalue weighted by atomic mass is 10.2. The molecular formula is C8H9NO. The first-order valence-electron chi connectivity index (χ1n) is 3.46. The van der Waals surface area contributed by atoms with Crippen LogP contribution in [0.25, 0.3) is 0 Å². The summed E-state index contributed by atoms with van der Waals surface area (Å²) in [4.78, 5) is 11.1.